The summed E-state index contributed by atoms with van der Waals surface area (Å²) in [4.78, 5) is 23.2. The van der Waals surface area contributed by atoms with Gasteiger partial charge in [-0.1, -0.05) is 25.0 Å². The van der Waals surface area contributed by atoms with Crippen molar-refractivity contribution >= 4 is 21.9 Å². The van der Waals surface area contributed by atoms with Gasteiger partial charge in [-0.15, -0.1) is 0 Å². The Balaban J connectivity index is 1.85. The lowest BCUT2D eigenvalue weighted by Gasteiger charge is -2.14. The van der Waals surface area contributed by atoms with Crippen molar-refractivity contribution in [2.24, 2.45) is 0 Å². The molecule has 0 saturated heterocycles. The van der Waals surface area contributed by atoms with Gasteiger partial charge in [-0.05, 0) is 25.0 Å². The van der Waals surface area contributed by atoms with E-state index < -0.39 is 15.9 Å². The number of hydrogen-bond donors (Lipinski definition) is 0. The molecule has 0 spiro atoms. The third-order valence-corrected chi connectivity index (χ3v) is 5.47. The van der Waals surface area contributed by atoms with Crippen LogP contribution in [-0.4, -0.2) is 38.3 Å². The Labute approximate surface area is 130 Å². The van der Waals surface area contributed by atoms with Gasteiger partial charge in [-0.2, -0.15) is 0 Å². The summed E-state index contributed by atoms with van der Waals surface area (Å²) in [5.74, 6) is -0.696. The van der Waals surface area contributed by atoms with Crippen LogP contribution in [0.2, 0.25) is 0 Å². The summed E-state index contributed by atoms with van der Waals surface area (Å²) < 4.78 is 30.1. The third-order valence-electron chi connectivity index (χ3n) is 3.63. The zero-order chi connectivity index (χ0) is 16.2. The van der Waals surface area contributed by atoms with Crippen LogP contribution >= 0.6 is 0 Å². The standard InChI is InChI=1S/C15H19NO5S/c1-21-14(17)10-4-2-3-7-11-16-15(18)12-8-5-6-9-13(12)22(16,19)20/h5-6,8-9H,2-4,7,10-11H2,1H3. The van der Waals surface area contributed by atoms with Crippen molar-refractivity contribution < 1.29 is 22.7 Å². The maximum absolute atomic E-state index is 12.3. The van der Waals surface area contributed by atoms with Gasteiger partial charge in [-0.25, -0.2) is 12.7 Å². The number of amides is 1. The fourth-order valence-electron chi connectivity index (χ4n) is 2.43. The Morgan fingerprint density at radius 3 is 2.50 bits per heavy atom. The fraction of sp³-hybridized carbons (Fsp3) is 0.467. The van der Waals surface area contributed by atoms with Crippen molar-refractivity contribution in [3.8, 4) is 0 Å². The van der Waals surface area contributed by atoms with E-state index >= 15 is 0 Å². The lowest BCUT2D eigenvalue weighted by Crippen LogP contribution is -2.30. The Hall–Kier alpha value is -1.89. The Morgan fingerprint density at radius 2 is 1.82 bits per heavy atom. The van der Waals surface area contributed by atoms with E-state index in [2.05, 4.69) is 4.74 Å². The fourth-order valence-corrected chi connectivity index (χ4v) is 4.04. The molecule has 0 unspecified atom stereocenters. The van der Waals surface area contributed by atoms with Crippen LogP contribution in [0.5, 0.6) is 0 Å². The predicted molar refractivity (Wildman–Crippen MR) is 79.8 cm³/mol. The highest BCUT2D eigenvalue weighted by Crippen LogP contribution is 2.30. The van der Waals surface area contributed by atoms with Crippen LogP contribution in [0.25, 0.3) is 0 Å². The molecular formula is C15H19NO5S. The second-order valence-electron chi connectivity index (χ2n) is 5.12. The number of methoxy groups -OCH3 is 1. The van der Waals surface area contributed by atoms with Crippen LogP contribution in [-0.2, 0) is 19.6 Å². The van der Waals surface area contributed by atoms with Crippen LogP contribution in [0.1, 0.15) is 42.5 Å². The van der Waals surface area contributed by atoms with Crippen molar-refractivity contribution in [3.63, 3.8) is 0 Å². The molecule has 0 N–H and O–H groups in total. The van der Waals surface area contributed by atoms with Gasteiger partial charge in [0.05, 0.1) is 12.7 Å². The number of hydrogen-bond acceptors (Lipinski definition) is 5. The highest BCUT2D eigenvalue weighted by atomic mass is 32.2. The van der Waals surface area contributed by atoms with Gasteiger partial charge < -0.3 is 4.74 Å². The summed E-state index contributed by atoms with van der Waals surface area (Å²) in [5, 5.41) is 0. The second-order valence-corrected chi connectivity index (χ2v) is 6.95. The second kappa shape index (κ2) is 6.91. The Bertz CT molecular complexity index is 668. The molecule has 1 aliphatic rings. The van der Waals surface area contributed by atoms with Crippen molar-refractivity contribution in [1.82, 2.24) is 4.31 Å². The van der Waals surface area contributed by atoms with Gasteiger partial charge in [0, 0.05) is 13.0 Å². The summed E-state index contributed by atoms with van der Waals surface area (Å²) in [6.07, 6.45) is 3.20. The number of benzene rings is 1. The largest absolute Gasteiger partial charge is 0.469 e. The summed E-state index contributed by atoms with van der Waals surface area (Å²) in [7, 11) is -2.35. The van der Waals surface area contributed by atoms with Crippen molar-refractivity contribution in [3.05, 3.63) is 29.8 Å². The van der Waals surface area contributed by atoms with E-state index in [1.165, 1.54) is 19.2 Å². The quantitative estimate of drug-likeness (QED) is 0.565. The zero-order valence-corrected chi connectivity index (χ0v) is 13.3. The lowest BCUT2D eigenvalue weighted by atomic mass is 10.1. The molecule has 0 bridgehead atoms. The van der Waals surface area contributed by atoms with E-state index in [1.807, 2.05) is 0 Å². The molecule has 22 heavy (non-hydrogen) atoms. The number of ether oxygens (including phenoxy) is 1. The molecule has 1 heterocycles. The molecule has 0 atom stereocenters. The summed E-state index contributed by atoms with van der Waals surface area (Å²) in [6.45, 7) is 0.175. The molecule has 0 fully saturated rings. The number of carbonyl (C=O) groups excluding carboxylic acids is 2. The zero-order valence-electron chi connectivity index (χ0n) is 12.4. The van der Waals surface area contributed by atoms with Crippen molar-refractivity contribution in [2.75, 3.05) is 13.7 Å². The molecule has 0 aromatic heterocycles. The maximum atomic E-state index is 12.3. The van der Waals surface area contributed by atoms with Gasteiger partial charge in [0.1, 0.15) is 4.90 Å². The molecule has 0 aliphatic carbocycles. The van der Waals surface area contributed by atoms with Gasteiger partial charge in [0.2, 0.25) is 0 Å². The molecule has 1 amide bonds. The normalized spacial score (nSPS) is 15.7. The first-order valence-corrected chi connectivity index (χ1v) is 8.65. The number of esters is 1. The smallest absolute Gasteiger partial charge is 0.305 e. The van der Waals surface area contributed by atoms with Gasteiger partial charge >= 0.3 is 5.97 Å². The molecule has 120 valence electrons. The predicted octanol–water partition coefficient (Wildman–Crippen LogP) is 1.95. The minimum atomic E-state index is -3.70. The average Bonchev–Trinajstić information content (AvgIpc) is 2.71. The van der Waals surface area contributed by atoms with E-state index in [1.54, 1.807) is 12.1 Å². The summed E-state index contributed by atoms with van der Waals surface area (Å²) in [5.41, 5.74) is 0.244. The summed E-state index contributed by atoms with van der Waals surface area (Å²) >= 11 is 0. The van der Waals surface area contributed by atoms with E-state index in [0.717, 1.165) is 17.1 Å². The SMILES string of the molecule is COC(=O)CCCCCCN1C(=O)c2ccccc2S1(=O)=O. The molecule has 7 heteroatoms. The number of unbranched alkanes of at least 4 members (excludes halogenated alkanes) is 3. The first kappa shape index (κ1) is 16.5. The number of carbonyl (C=O) groups is 2. The molecule has 0 radical (unpaired) electrons. The number of nitrogens with zero attached hydrogens (tertiary/aromatic N) is 1. The molecule has 0 saturated carbocycles. The minimum Gasteiger partial charge on any atom is -0.469 e. The Morgan fingerprint density at radius 1 is 1.14 bits per heavy atom. The number of sulfonamides is 1. The van der Waals surface area contributed by atoms with Crippen LogP contribution in [0.4, 0.5) is 0 Å². The van der Waals surface area contributed by atoms with Crippen LogP contribution in [0, 0.1) is 0 Å². The van der Waals surface area contributed by atoms with Crippen molar-refractivity contribution in [2.45, 2.75) is 37.0 Å². The Kier molecular flexibility index (Phi) is 5.18. The highest BCUT2D eigenvalue weighted by molar-refractivity contribution is 7.90. The monoisotopic (exact) mass is 325 g/mol. The van der Waals surface area contributed by atoms with Gasteiger partial charge in [-0.3, -0.25) is 9.59 Å². The molecule has 6 nitrogen and oxygen atoms in total. The van der Waals surface area contributed by atoms with E-state index in [-0.39, 0.29) is 23.0 Å². The van der Waals surface area contributed by atoms with Crippen LogP contribution < -0.4 is 0 Å². The molecular weight excluding hydrogens is 306 g/mol. The lowest BCUT2D eigenvalue weighted by molar-refractivity contribution is -0.140. The first-order valence-electron chi connectivity index (χ1n) is 7.21. The average molecular weight is 325 g/mol. The van der Waals surface area contributed by atoms with E-state index in [9.17, 15) is 18.0 Å². The minimum absolute atomic E-state index is 0.0886. The van der Waals surface area contributed by atoms with E-state index in [0.29, 0.717) is 19.3 Å². The number of fused-ring (bicyclic) bond motifs is 1. The first-order chi connectivity index (χ1) is 10.5. The topological polar surface area (TPSA) is 80.8 Å². The van der Waals surface area contributed by atoms with E-state index in [4.69, 9.17) is 0 Å². The van der Waals surface area contributed by atoms with Crippen molar-refractivity contribution in [1.29, 1.82) is 0 Å². The molecule has 1 aromatic carbocycles. The van der Waals surface area contributed by atoms with Gasteiger partial charge in [0.25, 0.3) is 15.9 Å². The molecule has 2 rings (SSSR count). The molecule has 1 aromatic rings. The van der Waals surface area contributed by atoms with Crippen LogP contribution in [0.15, 0.2) is 29.2 Å². The van der Waals surface area contributed by atoms with Crippen LogP contribution in [0.3, 0.4) is 0 Å². The van der Waals surface area contributed by atoms with Gasteiger partial charge in [0.15, 0.2) is 0 Å². The third kappa shape index (κ3) is 3.30. The maximum Gasteiger partial charge on any atom is 0.305 e. The highest BCUT2D eigenvalue weighted by Gasteiger charge is 2.40. The summed E-state index contributed by atoms with van der Waals surface area (Å²) in [6, 6.07) is 6.26. The number of rotatable bonds is 7. The molecule has 1 aliphatic heterocycles.